The number of hydrogen-bond acceptors (Lipinski definition) is 3. The highest BCUT2D eigenvalue weighted by atomic mass is 16.3. The van der Waals surface area contributed by atoms with E-state index in [0.29, 0.717) is 23.8 Å². The van der Waals surface area contributed by atoms with Crippen LogP contribution >= 0.6 is 0 Å². The fourth-order valence-corrected chi connectivity index (χ4v) is 1.87. The molecule has 94 valence electrons. The lowest BCUT2D eigenvalue weighted by atomic mass is 10.2. The molecular weight excluding hydrogens is 218 g/mol. The van der Waals surface area contributed by atoms with Gasteiger partial charge in [0.25, 0.3) is 5.91 Å². The highest BCUT2D eigenvalue weighted by Gasteiger charge is 2.28. The van der Waals surface area contributed by atoms with Gasteiger partial charge in [-0.05, 0) is 25.3 Å². The summed E-state index contributed by atoms with van der Waals surface area (Å²) >= 11 is 0. The first-order valence-electron chi connectivity index (χ1n) is 6.04. The fourth-order valence-electron chi connectivity index (χ4n) is 1.87. The molecule has 17 heavy (non-hydrogen) atoms. The van der Waals surface area contributed by atoms with Gasteiger partial charge >= 0.3 is 0 Å². The van der Waals surface area contributed by atoms with Crippen LogP contribution in [-0.2, 0) is 0 Å². The zero-order chi connectivity index (χ0) is 12.4. The SMILES string of the molecule is CC[C@@H](CO)NC(=O)c1cc(N)cn1C1CC1. The minimum Gasteiger partial charge on any atom is -0.397 e. The van der Waals surface area contributed by atoms with E-state index in [2.05, 4.69) is 5.32 Å². The minimum atomic E-state index is -0.189. The number of nitrogens with zero attached hydrogens (tertiary/aromatic N) is 1. The van der Waals surface area contributed by atoms with Crippen LogP contribution in [0.25, 0.3) is 0 Å². The van der Waals surface area contributed by atoms with Gasteiger partial charge in [0.1, 0.15) is 5.69 Å². The molecule has 5 heteroatoms. The Bertz CT molecular complexity index is 406. The molecule has 0 unspecified atom stereocenters. The summed E-state index contributed by atoms with van der Waals surface area (Å²) in [4.78, 5) is 12.0. The Labute approximate surface area is 101 Å². The third kappa shape index (κ3) is 2.61. The van der Waals surface area contributed by atoms with Gasteiger partial charge in [-0.2, -0.15) is 0 Å². The molecule has 1 heterocycles. The van der Waals surface area contributed by atoms with Gasteiger partial charge in [0.2, 0.25) is 0 Å². The molecule has 2 rings (SSSR count). The first-order valence-corrected chi connectivity index (χ1v) is 6.04. The summed E-state index contributed by atoms with van der Waals surface area (Å²) in [5.74, 6) is -0.158. The molecule has 0 aliphatic heterocycles. The van der Waals surface area contributed by atoms with Crippen molar-refractivity contribution in [2.45, 2.75) is 38.3 Å². The molecule has 0 spiro atoms. The van der Waals surface area contributed by atoms with Crippen molar-refractivity contribution >= 4 is 11.6 Å². The molecule has 0 saturated heterocycles. The fraction of sp³-hybridized carbons (Fsp3) is 0.583. The standard InChI is InChI=1S/C12H19N3O2/c1-2-9(7-16)14-12(17)11-5-8(13)6-15(11)10-3-4-10/h5-6,9-10,16H,2-4,7,13H2,1H3,(H,14,17)/t9-/m0/s1. The number of anilines is 1. The summed E-state index contributed by atoms with van der Waals surface area (Å²) in [5, 5.41) is 11.9. The first kappa shape index (κ1) is 12.0. The van der Waals surface area contributed by atoms with Crippen LogP contribution < -0.4 is 11.1 Å². The van der Waals surface area contributed by atoms with Crippen LogP contribution in [0, 0.1) is 0 Å². The average Bonchev–Trinajstić information content (AvgIpc) is 3.09. The number of rotatable bonds is 5. The number of nitrogens with one attached hydrogen (secondary N) is 1. The summed E-state index contributed by atoms with van der Waals surface area (Å²) in [7, 11) is 0. The van der Waals surface area contributed by atoms with Crippen LogP contribution in [0.2, 0.25) is 0 Å². The number of nitrogens with two attached hydrogens (primary N) is 1. The second kappa shape index (κ2) is 4.79. The number of hydrogen-bond donors (Lipinski definition) is 3. The number of aliphatic hydroxyl groups excluding tert-OH is 1. The maximum atomic E-state index is 12.0. The molecule has 0 radical (unpaired) electrons. The summed E-state index contributed by atoms with van der Waals surface area (Å²) in [6, 6.07) is 1.92. The van der Waals surface area contributed by atoms with E-state index in [-0.39, 0.29) is 18.6 Å². The zero-order valence-corrected chi connectivity index (χ0v) is 10.0. The van der Waals surface area contributed by atoms with E-state index < -0.39 is 0 Å². The molecule has 5 nitrogen and oxygen atoms in total. The van der Waals surface area contributed by atoms with E-state index in [1.165, 1.54) is 0 Å². The Balaban J connectivity index is 2.12. The lowest BCUT2D eigenvalue weighted by Gasteiger charge is -2.15. The van der Waals surface area contributed by atoms with Gasteiger partial charge in [-0.1, -0.05) is 6.92 Å². The number of carbonyl (C=O) groups is 1. The van der Waals surface area contributed by atoms with Crippen LogP contribution in [-0.4, -0.2) is 28.2 Å². The highest BCUT2D eigenvalue weighted by Crippen LogP contribution is 2.37. The monoisotopic (exact) mass is 237 g/mol. The van der Waals surface area contributed by atoms with Crippen LogP contribution in [0.15, 0.2) is 12.3 Å². The molecular formula is C12H19N3O2. The number of aromatic nitrogens is 1. The Hall–Kier alpha value is -1.49. The van der Waals surface area contributed by atoms with Gasteiger partial charge in [0.05, 0.1) is 18.3 Å². The third-order valence-corrected chi connectivity index (χ3v) is 3.09. The predicted molar refractivity (Wildman–Crippen MR) is 65.7 cm³/mol. The van der Waals surface area contributed by atoms with Crippen molar-refractivity contribution in [3.63, 3.8) is 0 Å². The smallest absolute Gasteiger partial charge is 0.268 e. The number of amides is 1. The number of nitrogen functional groups attached to an aromatic ring is 1. The normalized spacial score (nSPS) is 16.8. The Morgan fingerprint density at radius 3 is 2.94 bits per heavy atom. The van der Waals surface area contributed by atoms with Crippen LogP contribution in [0.4, 0.5) is 5.69 Å². The predicted octanol–water partition coefficient (Wildman–Crippen LogP) is 0.906. The van der Waals surface area contributed by atoms with Gasteiger partial charge < -0.3 is 20.7 Å². The quantitative estimate of drug-likeness (QED) is 0.712. The molecule has 0 aromatic carbocycles. The number of aliphatic hydroxyl groups is 1. The zero-order valence-electron chi connectivity index (χ0n) is 10.0. The topological polar surface area (TPSA) is 80.3 Å². The molecule has 1 fully saturated rings. The molecule has 1 atom stereocenters. The Morgan fingerprint density at radius 1 is 1.71 bits per heavy atom. The molecule has 1 aliphatic rings. The Kier molecular flexibility index (Phi) is 3.38. The van der Waals surface area contributed by atoms with E-state index >= 15 is 0 Å². The summed E-state index contributed by atoms with van der Waals surface area (Å²) in [6.07, 6.45) is 4.73. The Morgan fingerprint density at radius 2 is 2.41 bits per heavy atom. The van der Waals surface area contributed by atoms with Crippen molar-refractivity contribution < 1.29 is 9.90 Å². The van der Waals surface area contributed by atoms with Crippen molar-refractivity contribution in [2.75, 3.05) is 12.3 Å². The molecule has 0 bridgehead atoms. The van der Waals surface area contributed by atoms with Gasteiger partial charge in [-0.15, -0.1) is 0 Å². The van der Waals surface area contributed by atoms with Crippen LogP contribution in [0.1, 0.15) is 42.7 Å². The average molecular weight is 237 g/mol. The van der Waals surface area contributed by atoms with Crippen molar-refractivity contribution in [1.29, 1.82) is 0 Å². The number of carbonyl (C=O) groups excluding carboxylic acids is 1. The second-order valence-electron chi connectivity index (χ2n) is 4.56. The van der Waals surface area contributed by atoms with Gasteiger partial charge in [0, 0.05) is 12.2 Å². The maximum absolute atomic E-state index is 12.0. The largest absolute Gasteiger partial charge is 0.397 e. The maximum Gasteiger partial charge on any atom is 0.268 e. The minimum absolute atomic E-state index is 0.0398. The summed E-state index contributed by atoms with van der Waals surface area (Å²) < 4.78 is 1.94. The molecule has 1 amide bonds. The van der Waals surface area contributed by atoms with Gasteiger partial charge in [-0.3, -0.25) is 4.79 Å². The molecule has 1 aromatic heterocycles. The van der Waals surface area contributed by atoms with Crippen molar-refractivity contribution in [3.05, 3.63) is 18.0 Å². The third-order valence-electron chi connectivity index (χ3n) is 3.09. The molecule has 1 saturated carbocycles. The molecule has 1 aliphatic carbocycles. The van der Waals surface area contributed by atoms with E-state index in [1.54, 1.807) is 6.07 Å². The van der Waals surface area contributed by atoms with E-state index in [9.17, 15) is 4.79 Å². The van der Waals surface area contributed by atoms with Crippen LogP contribution in [0.3, 0.4) is 0 Å². The van der Waals surface area contributed by atoms with Crippen molar-refractivity contribution in [3.8, 4) is 0 Å². The summed E-state index contributed by atoms with van der Waals surface area (Å²) in [5.41, 5.74) is 6.93. The molecule has 1 aromatic rings. The van der Waals surface area contributed by atoms with Gasteiger partial charge in [-0.25, -0.2) is 0 Å². The van der Waals surface area contributed by atoms with Gasteiger partial charge in [0.15, 0.2) is 0 Å². The van der Waals surface area contributed by atoms with E-state index in [1.807, 2.05) is 17.7 Å². The summed E-state index contributed by atoms with van der Waals surface area (Å²) in [6.45, 7) is 1.89. The lowest BCUT2D eigenvalue weighted by molar-refractivity contribution is 0.0905. The molecule has 4 N–H and O–H groups in total. The van der Waals surface area contributed by atoms with E-state index in [4.69, 9.17) is 10.8 Å². The highest BCUT2D eigenvalue weighted by molar-refractivity contribution is 5.94. The lowest BCUT2D eigenvalue weighted by Crippen LogP contribution is -2.37. The van der Waals surface area contributed by atoms with Crippen molar-refractivity contribution in [2.24, 2.45) is 0 Å². The van der Waals surface area contributed by atoms with E-state index in [0.717, 1.165) is 12.8 Å². The first-order chi connectivity index (χ1) is 8.15. The van der Waals surface area contributed by atoms with Crippen molar-refractivity contribution in [1.82, 2.24) is 9.88 Å². The second-order valence-corrected chi connectivity index (χ2v) is 4.56. The van der Waals surface area contributed by atoms with Crippen LogP contribution in [0.5, 0.6) is 0 Å².